The maximum atomic E-state index is 11.5. The molecule has 7 nitrogen and oxygen atoms in total. The van der Waals surface area contributed by atoms with E-state index < -0.39 is 22.1 Å². The summed E-state index contributed by atoms with van der Waals surface area (Å²) in [5, 5.41) is 23.1. The number of hydrogen-bond donors (Lipinski definition) is 0. The minimum Gasteiger partial charge on any atom is -0.356 e. The van der Waals surface area contributed by atoms with Crippen molar-refractivity contribution in [2.45, 2.75) is 12.2 Å². The number of non-ortho nitro benzene ring substituents is 2. The van der Waals surface area contributed by atoms with Gasteiger partial charge in [0.1, 0.15) is 12.2 Å². The fourth-order valence-corrected chi connectivity index (χ4v) is 4.79. The number of halogens is 2. The zero-order valence-corrected chi connectivity index (χ0v) is 21.3. The highest BCUT2D eigenvalue weighted by molar-refractivity contribution is 9.10. The summed E-state index contributed by atoms with van der Waals surface area (Å²) in [6.45, 7) is 0. The molecule has 0 saturated carbocycles. The Labute approximate surface area is 217 Å². The Hall–Kier alpha value is -3.40. The predicted molar refractivity (Wildman–Crippen MR) is 139 cm³/mol. The molecular formula is C26H18Br2N2O5. The first-order valence-corrected chi connectivity index (χ1v) is 12.1. The molecule has 4 aromatic carbocycles. The lowest BCUT2D eigenvalue weighted by Gasteiger charge is -2.27. The van der Waals surface area contributed by atoms with E-state index in [9.17, 15) is 20.2 Å². The van der Waals surface area contributed by atoms with Gasteiger partial charge in [-0.1, -0.05) is 92.5 Å². The topological polar surface area (TPSA) is 95.5 Å². The van der Waals surface area contributed by atoms with E-state index in [1.165, 1.54) is 24.3 Å². The molecule has 176 valence electrons. The van der Waals surface area contributed by atoms with Gasteiger partial charge >= 0.3 is 0 Å². The van der Waals surface area contributed by atoms with E-state index in [1.54, 1.807) is 12.1 Å². The molecule has 0 bridgehead atoms. The molecule has 0 amide bonds. The van der Waals surface area contributed by atoms with Crippen LogP contribution in [0.3, 0.4) is 0 Å². The third-order valence-electron chi connectivity index (χ3n) is 5.31. The first-order chi connectivity index (χ1) is 16.8. The Kier molecular flexibility index (Phi) is 7.70. The minimum absolute atomic E-state index is 0.0757. The Morgan fingerprint density at radius 1 is 0.571 bits per heavy atom. The van der Waals surface area contributed by atoms with Crippen molar-refractivity contribution in [1.29, 1.82) is 0 Å². The minimum atomic E-state index is -0.698. The summed E-state index contributed by atoms with van der Waals surface area (Å²) in [6.07, 6.45) is -1.40. The third-order valence-corrected chi connectivity index (χ3v) is 6.23. The summed E-state index contributed by atoms with van der Waals surface area (Å²) in [7, 11) is 0. The van der Waals surface area contributed by atoms with E-state index in [0.29, 0.717) is 20.1 Å². The number of hydrogen-bond acceptors (Lipinski definition) is 5. The van der Waals surface area contributed by atoms with Crippen molar-refractivity contribution in [3.63, 3.8) is 0 Å². The molecule has 0 fully saturated rings. The van der Waals surface area contributed by atoms with Crippen LogP contribution in [0.4, 0.5) is 11.4 Å². The molecule has 0 aromatic heterocycles. The second kappa shape index (κ2) is 10.9. The number of ether oxygens (including phenoxy) is 1. The zero-order chi connectivity index (χ0) is 24.9. The van der Waals surface area contributed by atoms with E-state index in [2.05, 4.69) is 31.9 Å². The molecule has 0 heterocycles. The number of rotatable bonds is 8. The van der Waals surface area contributed by atoms with E-state index in [-0.39, 0.29) is 11.4 Å². The van der Waals surface area contributed by atoms with Gasteiger partial charge in [0.2, 0.25) is 0 Å². The normalized spacial score (nSPS) is 12.6. The largest absolute Gasteiger partial charge is 0.356 e. The molecule has 0 aliphatic heterocycles. The molecule has 0 saturated heterocycles. The summed E-state index contributed by atoms with van der Waals surface area (Å²) in [4.78, 5) is 22.2. The first-order valence-electron chi connectivity index (χ1n) is 10.5. The van der Waals surface area contributed by atoms with Crippen LogP contribution in [0.5, 0.6) is 0 Å². The zero-order valence-electron chi connectivity index (χ0n) is 18.1. The molecule has 9 heteroatoms. The molecule has 4 rings (SSSR count). The maximum absolute atomic E-state index is 11.5. The standard InChI is InChI=1S/C26H18Br2N2O5/c27-21-11-19(13-23(15-21)29(31)32)25(17-7-3-1-4-8-17)35-26(18-9-5-2-6-10-18)20-12-22(28)16-24(14-20)30(33)34/h1-16,25-26H. The summed E-state index contributed by atoms with van der Waals surface area (Å²) in [6, 6.07) is 28.1. The Morgan fingerprint density at radius 3 is 1.29 bits per heavy atom. The molecule has 0 radical (unpaired) electrons. The first kappa shape index (κ1) is 24.7. The number of nitro benzene ring substituents is 2. The van der Waals surface area contributed by atoms with Crippen molar-refractivity contribution in [3.05, 3.63) is 148 Å². The summed E-state index contributed by atoms with van der Waals surface area (Å²) in [5.74, 6) is 0. The van der Waals surface area contributed by atoms with Crippen LogP contribution < -0.4 is 0 Å². The van der Waals surface area contributed by atoms with Gasteiger partial charge in [-0.15, -0.1) is 0 Å². The summed E-state index contributed by atoms with van der Waals surface area (Å²) < 4.78 is 7.77. The Bertz CT molecular complexity index is 1260. The van der Waals surface area contributed by atoms with Crippen LogP contribution >= 0.6 is 31.9 Å². The highest BCUT2D eigenvalue weighted by Crippen LogP contribution is 2.39. The lowest BCUT2D eigenvalue weighted by Crippen LogP contribution is -2.14. The van der Waals surface area contributed by atoms with E-state index in [4.69, 9.17) is 4.74 Å². The SMILES string of the molecule is O=[N+]([O-])c1cc(Br)cc(C(OC(c2ccccc2)c2cc(Br)cc([N+](=O)[O-])c2)c2ccccc2)c1. The molecule has 0 spiro atoms. The van der Waals surface area contributed by atoms with Crippen molar-refractivity contribution in [3.8, 4) is 0 Å². The lowest BCUT2D eigenvalue weighted by atomic mass is 9.97. The second-order valence-electron chi connectivity index (χ2n) is 7.72. The van der Waals surface area contributed by atoms with Crippen LogP contribution in [-0.4, -0.2) is 9.85 Å². The monoisotopic (exact) mass is 596 g/mol. The number of benzene rings is 4. The van der Waals surface area contributed by atoms with E-state index in [1.807, 2.05) is 60.7 Å². The van der Waals surface area contributed by atoms with Crippen LogP contribution in [0.2, 0.25) is 0 Å². The van der Waals surface area contributed by atoms with Crippen molar-refractivity contribution in [1.82, 2.24) is 0 Å². The second-order valence-corrected chi connectivity index (χ2v) is 9.55. The van der Waals surface area contributed by atoms with E-state index >= 15 is 0 Å². The van der Waals surface area contributed by atoms with Gasteiger partial charge in [-0.3, -0.25) is 20.2 Å². The number of nitrogens with zero attached hydrogens (tertiary/aromatic N) is 2. The van der Waals surface area contributed by atoms with Crippen LogP contribution in [-0.2, 0) is 4.74 Å². The van der Waals surface area contributed by atoms with Gasteiger partial charge in [0, 0.05) is 33.2 Å². The molecule has 0 N–H and O–H groups in total. The van der Waals surface area contributed by atoms with Gasteiger partial charge in [0.15, 0.2) is 0 Å². The Morgan fingerprint density at radius 2 is 0.943 bits per heavy atom. The van der Waals surface area contributed by atoms with Crippen LogP contribution in [0.15, 0.2) is 106 Å². The van der Waals surface area contributed by atoms with Gasteiger partial charge in [0.25, 0.3) is 11.4 Å². The Balaban J connectivity index is 1.88. The quantitative estimate of drug-likeness (QED) is 0.152. The number of nitro groups is 2. The summed E-state index contributed by atoms with van der Waals surface area (Å²) in [5.41, 5.74) is 2.56. The molecule has 2 unspecified atom stereocenters. The highest BCUT2D eigenvalue weighted by Gasteiger charge is 2.26. The lowest BCUT2D eigenvalue weighted by molar-refractivity contribution is -0.385. The third kappa shape index (κ3) is 6.00. The fourth-order valence-electron chi connectivity index (χ4n) is 3.80. The fraction of sp³-hybridized carbons (Fsp3) is 0.0769. The van der Waals surface area contributed by atoms with Gasteiger partial charge in [-0.25, -0.2) is 0 Å². The molecular weight excluding hydrogens is 580 g/mol. The van der Waals surface area contributed by atoms with Gasteiger partial charge in [-0.2, -0.15) is 0 Å². The van der Waals surface area contributed by atoms with Crippen molar-refractivity contribution in [2.24, 2.45) is 0 Å². The van der Waals surface area contributed by atoms with Crippen LogP contribution in [0.25, 0.3) is 0 Å². The molecule has 0 aliphatic rings. The van der Waals surface area contributed by atoms with Crippen molar-refractivity contribution in [2.75, 3.05) is 0 Å². The average Bonchev–Trinajstić information content (AvgIpc) is 2.85. The molecule has 2 atom stereocenters. The van der Waals surface area contributed by atoms with E-state index in [0.717, 1.165) is 11.1 Å². The average molecular weight is 598 g/mol. The predicted octanol–water partition coefficient (Wildman–Crippen LogP) is 7.92. The van der Waals surface area contributed by atoms with Gasteiger partial charge in [0.05, 0.1) is 9.85 Å². The van der Waals surface area contributed by atoms with Crippen LogP contribution in [0, 0.1) is 20.2 Å². The van der Waals surface area contributed by atoms with Crippen molar-refractivity contribution < 1.29 is 14.6 Å². The maximum Gasteiger partial charge on any atom is 0.270 e. The van der Waals surface area contributed by atoms with Gasteiger partial charge in [-0.05, 0) is 34.4 Å². The van der Waals surface area contributed by atoms with Crippen molar-refractivity contribution >= 4 is 43.2 Å². The van der Waals surface area contributed by atoms with Crippen LogP contribution in [0.1, 0.15) is 34.5 Å². The molecule has 0 aliphatic carbocycles. The van der Waals surface area contributed by atoms with Gasteiger partial charge < -0.3 is 4.74 Å². The molecule has 35 heavy (non-hydrogen) atoms. The summed E-state index contributed by atoms with van der Waals surface area (Å²) >= 11 is 6.74. The smallest absolute Gasteiger partial charge is 0.270 e. The highest BCUT2D eigenvalue weighted by atomic mass is 79.9. The molecule has 4 aromatic rings.